The molecule has 0 spiro atoms. The zero-order valence-corrected chi connectivity index (χ0v) is 18.8. The summed E-state index contributed by atoms with van der Waals surface area (Å²) in [4.78, 5) is 32.0. The summed E-state index contributed by atoms with van der Waals surface area (Å²) >= 11 is 0. The zero-order chi connectivity index (χ0) is 22.2. The maximum Gasteiger partial charge on any atom is 0.267 e. The number of likely N-dealkylation sites (tertiary alicyclic amines) is 1. The molecule has 2 amide bonds. The predicted molar refractivity (Wildman–Crippen MR) is 123 cm³/mol. The maximum atomic E-state index is 12.7. The summed E-state index contributed by atoms with van der Waals surface area (Å²) in [6, 6.07) is 8.24. The minimum atomic E-state index is -0.351. The normalized spacial score (nSPS) is 24.6. The van der Waals surface area contributed by atoms with Crippen LogP contribution in [0.2, 0.25) is 0 Å². The molecular formula is C25H35N3O4. The molecule has 2 atom stereocenters. The lowest BCUT2D eigenvalue weighted by atomic mass is 9.88. The highest BCUT2D eigenvalue weighted by Gasteiger charge is 2.31. The lowest BCUT2D eigenvalue weighted by Crippen LogP contribution is -2.36. The highest BCUT2D eigenvalue weighted by atomic mass is 16.8. The van der Waals surface area contributed by atoms with Gasteiger partial charge in [0, 0.05) is 49.8 Å². The Hall–Kier alpha value is -2.38. The van der Waals surface area contributed by atoms with Crippen LogP contribution in [0.5, 0.6) is 0 Å². The van der Waals surface area contributed by atoms with Crippen LogP contribution < -0.4 is 10.8 Å². The molecule has 0 radical (unpaired) electrons. The van der Waals surface area contributed by atoms with Crippen molar-refractivity contribution in [2.75, 3.05) is 25.0 Å². The van der Waals surface area contributed by atoms with Gasteiger partial charge in [-0.25, -0.2) is 10.3 Å². The van der Waals surface area contributed by atoms with Crippen molar-refractivity contribution in [3.8, 4) is 0 Å². The Morgan fingerprint density at radius 1 is 1.00 bits per heavy atom. The van der Waals surface area contributed by atoms with Crippen LogP contribution in [0, 0.1) is 5.92 Å². The van der Waals surface area contributed by atoms with Crippen molar-refractivity contribution in [2.24, 2.45) is 5.92 Å². The minimum Gasteiger partial charge on any atom is -0.380 e. The van der Waals surface area contributed by atoms with Gasteiger partial charge in [0.1, 0.15) is 0 Å². The number of hydroxylamine groups is 1. The third kappa shape index (κ3) is 6.56. The van der Waals surface area contributed by atoms with Crippen LogP contribution in [0.3, 0.4) is 0 Å². The number of nitrogens with zero attached hydrogens (tertiary/aromatic N) is 1. The highest BCUT2D eigenvalue weighted by Crippen LogP contribution is 2.27. The van der Waals surface area contributed by atoms with Crippen molar-refractivity contribution in [1.82, 2.24) is 10.4 Å². The van der Waals surface area contributed by atoms with Crippen LogP contribution in [0.25, 0.3) is 6.08 Å². The molecule has 174 valence electrons. The summed E-state index contributed by atoms with van der Waals surface area (Å²) < 4.78 is 5.42. The molecule has 2 aliphatic heterocycles. The van der Waals surface area contributed by atoms with Gasteiger partial charge in [0.25, 0.3) is 5.91 Å². The SMILES string of the molecule is O=C(C=Cc1ccc(N[C@@H]2CCN(C(=O)C3CCCCC3)C2)cc1)NOC1CCCCO1. The molecule has 2 heterocycles. The van der Waals surface area contributed by atoms with Gasteiger partial charge in [-0.2, -0.15) is 0 Å². The molecule has 2 saturated heterocycles. The summed E-state index contributed by atoms with van der Waals surface area (Å²) in [5.41, 5.74) is 4.38. The van der Waals surface area contributed by atoms with Gasteiger partial charge in [-0.3, -0.25) is 9.59 Å². The molecule has 1 unspecified atom stereocenters. The van der Waals surface area contributed by atoms with Crippen LogP contribution in [0.15, 0.2) is 30.3 Å². The van der Waals surface area contributed by atoms with Gasteiger partial charge in [-0.1, -0.05) is 31.4 Å². The number of rotatable bonds is 7. The van der Waals surface area contributed by atoms with Crippen molar-refractivity contribution in [3.05, 3.63) is 35.9 Å². The first-order valence-corrected chi connectivity index (χ1v) is 12.1. The second kappa shape index (κ2) is 11.5. The molecule has 7 heteroatoms. The molecule has 32 heavy (non-hydrogen) atoms. The molecule has 1 aromatic rings. The Bertz CT molecular complexity index is 783. The molecule has 1 aromatic carbocycles. The fourth-order valence-electron chi connectivity index (χ4n) is 4.75. The third-order valence-corrected chi connectivity index (χ3v) is 6.59. The lowest BCUT2D eigenvalue weighted by Gasteiger charge is -2.26. The molecule has 1 aliphatic carbocycles. The number of carbonyl (C=O) groups excluding carboxylic acids is 2. The second-order valence-corrected chi connectivity index (χ2v) is 9.08. The van der Waals surface area contributed by atoms with Crippen molar-refractivity contribution in [1.29, 1.82) is 0 Å². The van der Waals surface area contributed by atoms with Crippen molar-refractivity contribution >= 4 is 23.6 Å². The van der Waals surface area contributed by atoms with E-state index in [1.807, 2.05) is 29.2 Å². The standard InChI is InChI=1S/C25H35N3O4/c29-23(27-32-24-8-4-5-17-31-24)14-11-19-9-12-21(13-10-19)26-22-15-16-28(18-22)25(30)20-6-2-1-3-7-20/h9-14,20,22,24,26H,1-8,15-18H2,(H,27,29)/t22-,24?/m1/s1. The average molecular weight is 442 g/mol. The molecule has 3 fully saturated rings. The first kappa shape index (κ1) is 22.8. The van der Waals surface area contributed by atoms with Crippen molar-refractivity contribution < 1.29 is 19.2 Å². The van der Waals surface area contributed by atoms with E-state index in [9.17, 15) is 9.59 Å². The summed E-state index contributed by atoms with van der Waals surface area (Å²) in [6.07, 6.45) is 12.5. The molecule has 0 aromatic heterocycles. The van der Waals surface area contributed by atoms with Crippen molar-refractivity contribution in [2.45, 2.75) is 70.1 Å². The number of benzene rings is 1. The lowest BCUT2D eigenvalue weighted by molar-refractivity contribution is -0.198. The smallest absolute Gasteiger partial charge is 0.267 e. The quantitative estimate of drug-likeness (QED) is 0.496. The van der Waals surface area contributed by atoms with E-state index in [1.54, 1.807) is 6.08 Å². The first-order chi connectivity index (χ1) is 15.7. The Morgan fingerprint density at radius 3 is 2.53 bits per heavy atom. The molecule has 7 nitrogen and oxygen atoms in total. The largest absolute Gasteiger partial charge is 0.380 e. The van der Waals surface area contributed by atoms with E-state index in [2.05, 4.69) is 10.8 Å². The van der Waals surface area contributed by atoms with Gasteiger partial charge < -0.3 is 15.0 Å². The van der Waals surface area contributed by atoms with Crippen LogP contribution in [-0.2, 0) is 19.2 Å². The number of ether oxygens (including phenoxy) is 1. The van der Waals surface area contributed by atoms with Crippen LogP contribution in [-0.4, -0.2) is 48.7 Å². The molecular weight excluding hydrogens is 406 g/mol. The van der Waals surface area contributed by atoms with E-state index in [4.69, 9.17) is 9.57 Å². The Labute approximate surface area is 190 Å². The number of hydrogen-bond acceptors (Lipinski definition) is 5. The number of anilines is 1. The first-order valence-electron chi connectivity index (χ1n) is 12.1. The summed E-state index contributed by atoms with van der Waals surface area (Å²) in [7, 11) is 0. The summed E-state index contributed by atoms with van der Waals surface area (Å²) in [6.45, 7) is 2.30. The Morgan fingerprint density at radius 2 is 1.78 bits per heavy atom. The Balaban J connectivity index is 1.19. The molecule has 1 saturated carbocycles. The molecule has 3 aliphatic rings. The van der Waals surface area contributed by atoms with Gasteiger partial charge in [-0.15, -0.1) is 0 Å². The summed E-state index contributed by atoms with van der Waals surface area (Å²) in [5, 5.41) is 3.55. The van der Waals surface area contributed by atoms with Gasteiger partial charge in [0.2, 0.25) is 5.91 Å². The Kier molecular flexibility index (Phi) is 8.18. The van der Waals surface area contributed by atoms with Crippen LogP contribution >= 0.6 is 0 Å². The third-order valence-electron chi connectivity index (χ3n) is 6.59. The predicted octanol–water partition coefficient (Wildman–Crippen LogP) is 3.87. The topological polar surface area (TPSA) is 79.9 Å². The van der Waals surface area contributed by atoms with Gasteiger partial charge in [-0.05, 0) is 55.9 Å². The number of nitrogens with one attached hydrogen (secondary N) is 2. The maximum absolute atomic E-state index is 12.7. The minimum absolute atomic E-state index is 0.242. The van der Waals surface area contributed by atoms with Crippen LogP contribution in [0.4, 0.5) is 5.69 Å². The fourth-order valence-corrected chi connectivity index (χ4v) is 4.75. The molecule has 0 bridgehead atoms. The van der Waals surface area contributed by atoms with Gasteiger partial charge >= 0.3 is 0 Å². The van der Waals surface area contributed by atoms with E-state index >= 15 is 0 Å². The second-order valence-electron chi connectivity index (χ2n) is 9.08. The van der Waals surface area contributed by atoms with Crippen LogP contribution in [0.1, 0.15) is 63.4 Å². The zero-order valence-electron chi connectivity index (χ0n) is 18.8. The monoisotopic (exact) mass is 441 g/mol. The number of amides is 2. The van der Waals surface area contributed by atoms with Crippen molar-refractivity contribution in [3.63, 3.8) is 0 Å². The van der Waals surface area contributed by atoms with E-state index in [0.29, 0.717) is 12.5 Å². The van der Waals surface area contributed by atoms with E-state index < -0.39 is 0 Å². The average Bonchev–Trinajstić information content (AvgIpc) is 3.31. The van der Waals surface area contributed by atoms with Gasteiger partial charge in [0.15, 0.2) is 6.29 Å². The van der Waals surface area contributed by atoms with Gasteiger partial charge in [0.05, 0.1) is 0 Å². The highest BCUT2D eigenvalue weighted by molar-refractivity contribution is 5.91. The van der Waals surface area contributed by atoms with E-state index in [0.717, 1.165) is 62.9 Å². The number of hydrogen-bond donors (Lipinski definition) is 2. The fraction of sp³-hybridized carbons (Fsp3) is 0.600. The molecule has 2 N–H and O–H groups in total. The van der Waals surface area contributed by atoms with E-state index in [-0.39, 0.29) is 24.2 Å². The summed E-state index contributed by atoms with van der Waals surface area (Å²) in [5.74, 6) is 0.285. The number of carbonyl (C=O) groups is 2. The van der Waals surface area contributed by atoms with E-state index in [1.165, 1.54) is 25.3 Å². The molecule has 4 rings (SSSR count).